The normalized spacial score (nSPS) is 21.1. The van der Waals surface area contributed by atoms with Crippen molar-refractivity contribution in [1.82, 2.24) is 4.98 Å². The van der Waals surface area contributed by atoms with Crippen molar-refractivity contribution in [2.24, 2.45) is 0 Å². The molecule has 1 fully saturated rings. The Hall–Kier alpha value is -1.33. The van der Waals surface area contributed by atoms with E-state index in [2.05, 4.69) is 9.88 Å². The van der Waals surface area contributed by atoms with E-state index in [1.54, 1.807) is 6.20 Å². The summed E-state index contributed by atoms with van der Waals surface area (Å²) in [4.78, 5) is 6.40. The van der Waals surface area contributed by atoms with Crippen LogP contribution in [-0.2, 0) is 4.74 Å². The number of pyridine rings is 1. The number of ether oxygens (including phenoxy) is 1. The third-order valence-electron chi connectivity index (χ3n) is 2.80. The van der Waals surface area contributed by atoms with E-state index in [0.29, 0.717) is 18.8 Å². The number of aryl methyl sites for hydroxylation is 1. The van der Waals surface area contributed by atoms with Crippen LogP contribution in [0.1, 0.15) is 5.56 Å². The molecule has 88 valence electrons. The fraction of sp³-hybridized carbons (Fsp3) is 0.545. The van der Waals surface area contributed by atoms with Crippen LogP contribution in [0.15, 0.2) is 12.3 Å². The lowest BCUT2D eigenvalue weighted by atomic mass is 10.2. The van der Waals surface area contributed by atoms with Gasteiger partial charge in [0.15, 0.2) is 0 Å². The smallest absolute Gasteiger partial charge is 0.129 e. The Kier molecular flexibility index (Phi) is 3.26. The Bertz CT molecular complexity index is 370. The Labute approximate surface area is 94.8 Å². The number of nitrogen functional groups attached to an aromatic ring is 1. The summed E-state index contributed by atoms with van der Waals surface area (Å²) in [5, 5.41) is 9.06. The van der Waals surface area contributed by atoms with Crippen LogP contribution in [0.5, 0.6) is 0 Å². The highest BCUT2D eigenvalue weighted by Gasteiger charge is 2.20. The Morgan fingerprint density at radius 3 is 3.19 bits per heavy atom. The van der Waals surface area contributed by atoms with Crippen LogP contribution >= 0.6 is 0 Å². The van der Waals surface area contributed by atoms with Crippen LogP contribution in [0.3, 0.4) is 0 Å². The second-order valence-corrected chi connectivity index (χ2v) is 4.02. The van der Waals surface area contributed by atoms with Crippen LogP contribution in [0.25, 0.3) is 0 Å². The van der Waals surface area contributed by atoms with Crippen molar-refractivity contribution in [3.05, 3.63) is 17.8 Å². The zero-order chi connectivity index (χ0) is 11.5. The highest BCUT2D eigenvalue weighted by atomic mass is 16.5. The first-order chi connectivity index (χ1) is 7.70. The molecular formula is C11H17N3O2. The molecule has 0 amide bonds. The van der Waals surface area contributed by atoms with E-state index in [-0.39, 0.29) is 12.7 Å². The summed E-state index contributed by atoms with van der Waals surface area (Å²) in [5.74, 6) is 0.897. The molecule has 1 saturated heterocycles. The summed E-state index contributed by atoms with van der Waals surface area (Å²) < 4.78 is 5.39. The van der Waals surface area contributed by atoms with Crippen molar-refractivity contribution in [1.29, 1.82) is 0 Å². The second kappa shape index (κ2) is 4.67. The summed E-state index contributed by atoms with van der Waals surface area (Å²) in [6.45, 7) is 4.10. The van der Waals surface area contributed by atoms with E-state index < -0.39 is 0 Å². The standard InChI is InChI=1S/C11H17N3O2/c1-8-4-11(13-5-10(8)12)14-2-3-16-9(6-14)7-15/h4-5,9,15H,2-3,6-7,12H2,1H3. The molecule has 0 spiro atoms. The average Bonchev–Trinajstić information content (AvgIpc) is 2.33. The summed E-state index contributed by atoms with van der Waals surface area (Å²) in [6, 6.07) is 1.97. The molecule has 0 bridgehead atoms. The largest absolute Gasteiger partial charge is 0.397 e. The lowest BCUT2D eigenvalue weighted by molar-refractivity contribution is 0.00336. The monoisotopic (exact) mass is 223 g/mol. The topological polar surface area (TPSA) is 71.6 Å². The Balaban J connectivity index is 2.13. The van der Waals surface area contributed by atoms with Gasteiger partial charge in [-0.1, -0.05) is 0 Å². The van der Waals surface area contributed by atoms with Gasteiger partial charge in [-0.25, -0.2) is 4.98 Å². The maximum atomic E-state index is 9.06. The first-order valence-electron chi connectivity index (χ1n) is 5.40. The molecule has 1 atom stereocenters. The molecule has 1 aliphatic rings. The van der Waals surface area contributed by atoms with Crippen molar-refractivity contribution in [2.45, 2.75) is 13.0 Å². The number of nitrogens with zero attached hydrogens (tertiary/aromatic N) is 2. The minimum Gasteiger partial charge on any atom is -0.397 e. The fourth-order valence-electron chi connectivity index (χ4n) is 1.76. The van der Waals surface area contributed by atoms with Crippen molar-refractivity contribution in [2.75, 3.05) is 36.9 Å². The number of morpholine rings is 1. The molecular weight excluding hydrogens is 206 g/mol. The molecule has 3 N–H and O–H groups in total. The maximum Gasteiger partial charge on any atom is 0.129 e. The molecule has 1 aliphatic heterocycles. The van der Waals surface area contributed by atoms with Gasteiger partial charge in [0, 0.05) is 13.1 Å². The zero-order valence-corrected chi connectivity index (χ0v) is 9.39. The average molecular weight is 223 g/mol. The van der Waals surface area contributed by atoms with Gasteiger partial charge in [0.25, 0.3) is 0 Å². The molecule has 0 aromatic carbocycles. The molecule has 5 heteroatoms. The first kappa shape index (κ1) is 11.2. The summed E-state index contributed by atoms with van der Waals surface area (Å²) >= 11 is 0. The third kappa shape index (κ3) is 2.25. The lowest BCUT2D eigenvalue weighted by Gasteiger charge is -2.33. The number of aromatic nitrogens is 1. The van der Waals surface area contributed by atoms with Crippen LogP contribution in [0.2, 0.25) is 0 Å². The van der Waals surface area contributed by atoms with E-state index in [1.165, 1.54) is 0 Å². The van der Waals surface area contributed by atoms with Gasteiger partial charge in [0.05, 0.1) is 31.2 Å². The van der Waals surface area contributed by atoms with Gasteiger partial charge in [-0.05, 0) is 18.6 Å². The number of nitrogens with two attached hydrogens (primary N) is 1. The molecule has 0 saturated carbocycles. The van der Waals surface area contributed by atoms with Gasteiger partial charge in [0.1, 0.15) is 5.82 Å². The highest BCUT2D eigenvalue weighted by molar-refractivity contribution is 5.52. The summed E-state index contributed by atoms with van der Waals surface area (Å²) in [7, 11) is 0. The molecule has 1 aromatic rings. The number of aliphatic hydroxyl groups is 1. The minimum atomic E-state index is -0.117. The first-order valence-corrected chi connectivity index (χ1v) is 5.40. The lowest BCUT2D eigenvalue weighted by Crippen LogP contribution is -2.44. The van der Waals surface area contributed by atoms with Crippen molar-refractivity contribution >= 4 is 11.5 Å². The number of rotatable bonds is 2. The summed E-state index contributed by atoms with van der Waals surface area (Å²) in [6.07, 6.45) is 1.56. The molecule has 0 radical (unpaired) electrons. The molecule has 1 aromatic heterocycles. The number of hydrogen-bond donors (Lipinski definition) is 2. The van der Waals surface area contributed by atoms with E-state index in [4.69, 9.17) is 15.6 Å². The highest BCUT2D eigenvalue weighted by Crippen LogP contribution is 2.19. The molecule has 16 heavy (non-hydrogen) atoms. The quantitative estimate of drug-likeness (QED) is 0.748. The predicted octanol–water partition coefficient (Wildman–Crippen LogP) is 0.170. The fourth-order valence-corrected chi connectivity index (χ4v) is 1.76. The van der Waals surface area contributed by atoms with E-state index in [1.807, 2.05) is 13.0 Å². The molecule has 2 rings (SSSR count). The molecule has 0 aliphatic carbocycles. The maximum absolute atomic E-state index is 9.06. The van der Waals surface area contributed by atoms with E-state index in [9.17, 15) is 0 Å². The molecule has 2 heterocycles. The third-order valence-corrected chi connectivity index (χ3v) is 2.80. The van der Waals surface area contributed by atoms with Crippen LogP contribution in [-0.4, -0.2) is 42.5 Å². The van der Waals surface area contributed by atoms with Crippen molar-refractivity contribution < 1.29 is 9.84 Å². The van der Waals surface area contributed by atoms with Gasteiger partial charge in [-0.3, -0.25) is 0 Å². The van der Waals surface area contributed by atoms with Crippen molar-refractivity contribution in [3.63, 3.8) is 0 Å². The zero-order valence-electron chi connectivity index (χ0n) is 9.39. The second-order valence-electron chi connectivity index (χ2n) is 4.02. The number of hydrogen-bond acceptors (Lipinski definition) is 5. The molecule has 5 nitrogen and oxygen atoms in total. The predicted molar refractivity (Wildman–Crippen MR) is 62.4 cm³/mol. The Morgan fingerprint density at radius 1 is 1.69 bits per heavy atom. The van der Waals surface area contributed by atoms with Crippen LogP contribution in [0.4, 0.5) is 11.5 Å². The van der Waals surface area contributed by atoms with Crippen LogP contribution < -0.4 is 10.6 Å². The van der Waals surface area contributed by atoms with E-state index in [0.717, 1.165) is 17.9 Å². The minimum absolute atomic E-state index is 0.0461. The van der Waals surface area contributed by atoms with Gasteiger partial charge in [-0.15, -0.1) is 0 Å². The number of aliphatic hydroxyl groups excluding tert-OH is 1. The summed E-state index contributed by atoms with van der Waals surface area (Å²) in [5.41, 5.74) is 7.46. The van der Waals surface area contributed by atoms with Gasteiger partial charge >= 0.3 is 0 Å². The van der Waals surface area contributed by atoms with Gasteiger partial charge in [0.2, 0.25) is 0 Å². The van der Waals surface area contributed by atoms with E-state index >= 15 is 0 Å². The number of anilines is 2. The SMILES string of the molecule is Cc1cc(N2CCOC(CO)C2)ncc1N. The molecule has 1 unspecified atom stereocenters. The van der Waals surface area contributed by atoms with Gasteiger partial charge in [-0.2, -0.15) is 0 Å². The Morgan fingerprint density at radius 2 is 2.50 bits per heavy atom. The van der Waals surface area contributed by atoms with Crippen molar-refractivity contribution in [3.8, 4) is 0 Å². The van der Waals surface area contributed by atoms with Crippen LogP contribution in [0, 0.1) is 6.92 Å². The van der Waals surface area contributed by atoms with Gasteiger partial charge < -0.3 is 20.5 Å².